The first-order chi connectivity index (χ1) is 10.4. The first-order valence-corrected chi connectivity index (χ1v) is 7.71. The highest BCUT2D eigenvalue weighted by molar-refractivity contribution is 5.79. The highest BCUT2D eigenvalue weighted by Crippen LogP contribution is 2.29. The van der Waals surface area contributed by atoms with E-state index in [1.807, 2.05) is 17.0 Å². The number of rotatable bonds is 6. The number of nitrogens with one attached hydrogen (secondary N) is 1. The van der Waals surface area contributed by atoms with E-state index in [1.54, 1.807) is 21.0 Å². The molecule has 0 bridgehead atoms. The predicted molar refractivity (Wildman–Crippen MR) is 85.6 cm³/mol. The Labute approximate surface area is 132 Å². The van der Waals surface area contributed by atoms with Crippen molar-refractivity contribution in [3.63, 3.8) is 0 Å². The van der Waals surface area contributed by atoms with Gasteiger partial charge in [-0.15, -0.1) is 0 Å². The van der Waals surface area contributed by atoms with Gasteiger partial charge in [-0.1, -0.05) is 24.3 Å². The maximum absolute atomic E-state index is 12.5. The molecule has 0 fully saturated rings. The number of nitrogens with zero attached hydrogens (tertiary/aromatic N) is 1. The quantitative estimate of drug-likeness (QED) is 0.827. The van der Waals surface area contributed by atoms with Gasteiger partial charge in [-0.3, -0.25) is 4.79 Å². The maximum atomic E-state index is 12.5. The van der Waals surface area contributed by atoms with Gasteiger partial charge in [-0.05, 0) is 31.4 Å². The van der Waals surface area contributed by atoms with E-state index in [9.17, 15) is 9.90 Å². The van der Waals surface area contributed by atoms with E-state index < -0.39 is 5.60 Å². The number of hydrogen-bond acceptors (Lipinski definition) is 4. The van der Waals surface area contributed by atoms with Crippen LogP contribution in [0.1, 0.15) is 31.0 Å². The summed E-state index contributed by atoms with van der Waals surface area (Å²) in [4.78, 5) is 14.4. The van der Waals surface area contributed by atoms with E-state index in [-0.39, 0.29) is 18.5 Å². The zero-order chi connectivity index (χ0) is 16.2. The topological polar surface area (TPSA) is 61.8 Å². The van der Waals surface area contributed by atoms with Crippen LogP contribution >= 0.6 is 0 Å². The second-order valence-corrected chi connectivity index (χ2v) is 6.42. The number of fused-ring (bicyclic) bond motifs is 1. The summed E-state index contributed by atoms with van der Waals surface area (Å²) in [5.41, 5.74) is 1.64. The maximum Gasteiger partial charge on any atom is 0.237 e. The minimum Gasteiger partial charge on any atom is -0.389 e. The van der Waals surface area contributed by atoms with Crippen molar-refractivity contribution in [3.8, 4) is 0 Å². The van der Waals surface area contributed by atoms with Crippen molar-refractivity contribution in [2.45, 2.75) is 31.9 Å². The molecule has 22 heavy (non-hydrogen) atoms. The molecule has 5 heteroatoms. The minimum atomic E-state index is -0.819. The summed E-state index contributed by atoms with van der Waals surface area (Å²) in [6.45, 7) is 5.25. The number of aliphatic hydroxyl groups is 1. The summed E-state index contributed by atoms with van der Waals surface area (Å²) in [7, 11) is 1.66. The standard InChI is InChI=1S/C17H26N2O3/c1-17(2,21)12-18-10-16(20)19-9-8-13-6-4-5-7-14(13)15(19)11-22-3/h4-7,15,18,21H,8-12H2,1-3H3. The lowest BCUT2D eigenvalue weighted by molar-refractivity contribution is -0.134. The summed E-state index contributed by atoms with van der Waals surface area (Å²) in [6.07, 6.45) is 0.869. The van der Waals surface area contributed by atoms with Crippen LogP contribution in [0.15, 0.2) is 24.3 Å². The van der Waals surface area contributed by atoms with E-state index in [0.29, 0.717) is 19.7 Å². The third kappa shape index (κ3) is 4.29. The van der Waals surface area contributed by atoms with Gasteiger partial charge < -0.3 is 20.1 Å². The van der Waals surface area contributed by atoms with Gasteiger partial charge in [0, 0.05) is 20.2 Å². The van der Waals surface area contributed by atoms with E-state index >= 15 is 0 Å². The zero-order valence-electron chi connectivity index (χ0n) is 13.6. The summed E-state index contributed by atoms with van der Waals surface area (Å²) in [6, 6.07) is 8.19. The van der Waals surface area contributed by atoms with Crippen molar-refractivity contribution >= 4 is 5.91 Å². The van der Waals surface area contributed by atoms with Crippen LogP contribution in [0.2, 0.25) is 0 Å². The van der Waals surface area contributed by atoms with Crippen molar-refractivity contribution in [1.82, 2.24) is 10.2 Å². The van der Waals surface area contributed by atoms with E-state index in [0.717, 1.165) is 6.42 Å². The molecule has 0 radical (unpaired) electrons. The normalized spacial score (nSPS) is 18.2. The molecular formula is C17H26N2O3. The molecule has 0 saturated carbocycles. The molecule has 0 spiro atoms. The van der Waals surface area contributed by atoms with Crippen LogP contribution in [0.5, 0.6) is 0 Å². The molecular weight excluding hydrogens is 280 g/mol. The van der Waals surface area contributed by atoms with Crippen molar-refractivity contribution in [2.75, 3.05) is 33.4 Å². The largest absolute Gasteiger partial charge is 0.389 e. The minimum absolute atomic E-state index is 0.0358. The Hall–Kier alpha value is -1.43. The van der Waals surface area contributed by atoms with Gasteiger partial charge in [-0.25, -0.2) is 0 Å². The zero-order valence-corrected chi connectivity index (χ0v) is 13.6. The van der Waals surface area contributed by atoms with Crippen LogP contribution in [0.25, 0.3) is 0 Å². The van der Waals surface area contributed by atoms with Crippen molar-refractivity contribution in [2.24, 2.45) is 0 Å². The Balaban J connectivity index is 2.05. The Kier molecular flexibility index (Phi) is 5.56. The van der Waals surface area contributed by atoms with E-state index in [4.69, 9.17) is 4.74 Å². The summed E-state index contributed by atoms with van der Waals surface area (Å²) in [5, 5.41) is 12.7. The number of ether oxygens (including phenoxy) is 1. The fourth-order valence-corrected chi connectivity index (χ4v) is 2.86. The molecule has 2 N–H and O–H groups in total. The SMILES string of the molecule is COCC1c2ccccc2CCN1C(=O)CNCC(C)(C)O. The molecule has 1 unspecified atom stereocenters. The number of hydrogen-bond donors (Lipinski definition) is 2. The Bertz CT molecular complexity index is 511. The second-order valence-electron chi connectivity index (χ2n) is 6.42. The summed E-state index contributed by atoms with van der Waals surface area (Å²) >= 11 is 0. The monoisotopic (exact) mass is 306 g/mol. The van der Waals surface area contributed by atoms with Gasteiger partial charge in [0.05, 0.1) is 24.8 Å². The number of methoxy groups -OCH3 is 1. The smallest absolute Gasteiger partial charge is 0.237 e. The van der Waals surface area contributed by atoms with Gasteiger partial charge in [0.1, 0.15) is 0 Å². The first kappa shape index (κ1) is 16.9. The average molecular weight is 306 g/mol. The number of carbonyl (C=O) groups excluding carboxylic acids is 1. The third-order valence-electron chi connectivity index (χ3n) is 3.89. The molecule has 2 rings (SSSR count). The molecule has 122 valence electrons. The van der Waals surface area contributed by atoms with Crippen LogP contribution in [0, 0.1) is 0 Å². The van der Waals surface area contributed by atoms with Crippen molar-refractivity contribution in [3.05, 3.63) is 35.4 Å². The molecule has 1 aromatic rings. The fourth-order valence-electron chi connectivity index (χ4n) is 2.86. The Morgan fingerprint density at radius 2 is 2.18 bits per heavy atom. The molecule has 1 heterocycles. The van der Waals surface area contributed by atoms with Gasteiger partial charge in [0.15, 0.2) is 0 Å². The molecule has 1 atom stereocenters. The Morgan fingerprint density at radius 1 is 1.45 bits per heavy atom. The van der Waals surface area contributed by atoms with E-state index in [1.165, 1.54) is 11.1 Å². The van der Waals surface area contributed by atoms with Gasteiger partial charge >= 0.3 is 0 Å². The van der Waals surface area contributed by atoms with Crippen LogP contribution in [0.3, 0.4) is 0 Å². The first-order valence-electron chi connectivity index (χ1n) is 7.71. The average Bonchev–Trinajstić information content (AvgIpc) is 2.46. The number of amides is 1. The molecule has 0 aromatic heterocycles. The van der Waals surface area contributed by atoms with Crippen LogP contribution in [-0.4, -0.2) is 54.9 Å². The van der Waals surface area contributed by atoms with Gasteiger partial charge in [0.25, 0.3) is 0 Å². The predicted octanol–water partition coefficient (Wildman–Crippen LogP) is 1.12. The number of carbonyl (C=O) groups is 1. The Morgan fingerprint density at radius 3 is 2.86 bits per heavy atom. The second kappa shape index (κ2) is 7.22. The molecule has 1 aromatic carbocycles. The highest BCUT2D eigenvalue weighted by atomic mass is 16.5. The van der Waals surface area contributed by atoms with Crippen LogP contribution < -0.4 is 5.32 Å². The molecule has 0 aliphatic carbocycles. The highest BCUT2D eigenvalue weighted by Gasteiger charge is 2.30. The lowest BCUT2D eigenvalue weighted by Gasteiger charge is -2.37. The summed E-state index contributed by atoms with van der Waals surface area (Å²) in [5.74, 6) is 0.0424. The molecule has 1 aliphatic rings. The molecule has 1 aliphatic heterocycles. The van der Waals surface area contributed by atoms with Crippen molar-refractivity contribution < 1.29 is 14.6 Å². The summed E-state index contributed by atoms with van der Waals surface area (Å²) < 4.78 is 5.32. The van der Waals surface area contributed by atoms with E-state index in [2.05, 4.69) is 17.4 Å². The lowest BCUT2D eigenvalue weighted by atomic mass is 9.93. The molecule has 5 nitrogen and oxygen atoms in total. The van der Waals surface area contributed by atoms with Crippen LogP contribution in [-0.2, 0) is 16.0 Å². The lowest BCUT2D eigenvalue weighted by Crippen LogP contribution is -2.47. The third-order valence-corrected chi connectivity index (χ3v) is 3.89. The fraction of sp³-hybridized carbons (Fsp3) is 0.588. The molecule has 1 amide bonds. The van der Waals surface area contributed by atoms with Crippen LogP contribution in [0.4, 0.5) is 0 Å². The van der Waals surface area contributed by atoms with Gasteiger partial charge in [-0.2, -0.15) is 0 Å². The van der Waals surface area contributed by atoms with Crippen molar-refractivity contribution in [1.29, 1.82) is 0 Å². The van der Waals surface area contributed by atoms with Gasteiger partial charge in [0.2, 0.25) is 5.91 Å². The number of benzene rings is 1. The molecule has 0 saturated heterocycles.